The lowest BCUT2D eigenvalue weighted by molar-refractivity contribution is -0.130. The van der Waals surface area contributed by atoms with Crippen molar-refractivity contribution in [2.45, 2.75) is 40.2 Å². The Balaban J connectivity index is 1.95. The van der Waals surface area contributed by atoms with Gasteiger partial charge in [-0.05, 0) is 55.0 Å². The predicted molar refractivity (Wildman–Crippen MR) is 122 cm³/mol. The number of aryl methyl sites for hydroxylation is 2. The van der Waals surface area contributed by atoms with Gasteiger partial charge in [-0.15, -0.1) is 0 Å². The normalized spacial score (nSPS) is 11.9. The third-order valence-electron chi connectivity index (χ3n) is 4.63. The molecule has 0 unspecified atom stereocenters. The number of ether oxygens (including phenoxy) is 2. The Morgan fingerprint density at radius 2 is 1.77 bits per heavy atom. The van der Waals surface area contributed by atoms with Gasteiger partial charge in [-0.1, -0.05) is 44.2 Å². The summed E-state index contributed by atoms with van der Waals surface area (Å²) in [5.41, 5.74) is 5.25. The standard InChI is InChI=1S/C24H31N3O4/c1-16(2)12-20(26-23(28)15-31-21-9-7-6-8-17(21)3)24(29)27-25-14-19-11-10-18(4)22(13-19)30-5/h6-11,13-14,16,20H,12,15H2,1-5H3,(H,26,28)(H,27,29)/b25-14-/t20-/m0/s1. The van der Waals surface area contributed by atoms with Crippen molar-refractivity contribution in [3.8, 4) is 11.5 Å². The molecule has 7 heteroatoms. The summed E-state index contributed by atoms with van der Waals surface area (Å²) in [7, 11) is 1.60. The molecule has 0 saturated carbocycles. The van der Waals surface area contributed by atoms with Gasteiger partial charge in [0.15, 0.2) is 6.61 Å². The highest BCUT2D eigenvalue weighted by molar-refractivity contribution is 5.89. The Hall–Kier alpha value is -3.35. The minimum Gasteiger partial charge on any atom is -0.496 e. The fourth-order valence-electron chi connectivity index (χ4n) is 2.97. The number of rotatable bonds is 10. The quantitative estimate of drug-likeness (QED) is 0.451. The number of nitrogens with zero attached hydrogens (tertiary/aromatic N) is 1. The van der Waals surface area contributed by atoms with Gasteiger partial charge < -0.3 is 14.8 Å². The summed E-state index contributed by atoms with van der Waals surface area (Å²) in [6.45, 7) is 7.66. The van der Waals surface area contributed by atoms with E-state index in [0.29, 0.717) is 12.2 Å². The van der Waals surface area contributed by atoms with Crippen molar-refractivity contribution < 1.29 is 19.1 Å². The average Bonchev–Trinajstić information content (AvgIpc) is 2.73. The van der Waals surface area contributed by atoms with Crippen LogP contribution >= 0.6 is 0 Å². The second-order valence-corrected chi connectivity index (χ2v) is 7.77. The van der Waals surface area contributed by atoms with Crippen molar-refractivity contribution in [1.82, 2.24) is 10.7 Å². The van der Waals surface area contributed by atoms with Gasteiger partial charge in [-0.3, -0.25) is 9.59 Å². The van der Waals surface area contributed by atoms with Crippen LogP contribution in [0.2, 0.25) is 0 Å². The summed E-state index contributed by atoms with van der Waals surface area (Å²) < 4.78 is 10.9. The van der Waals surface area contributed by atoms with Gasteiger partial charge in [0.1, 0.15) is 17.5 Å². The van der Waals surface area contributed by atoms with Gasteiger partial charge in [0.05, 0.1) is 13.3 Å². The van der Waals surface area contributed by atoms with Crippen LogP contribution in [0.1, 0.15) is 37.0 Å². The predicted octanol–water partition coefficient (Wildman–Crippen LogP) is 3.37. The molecule has 0 aliphatic rings. The third kappa shape index (κ3) is 7.77. The maximum Gasteiger partial charge on any atom is 0.262 e. The van der Waals surface area contributed by atoms with Crippen LogP contribution in [0.15, 0.2) is 47.6 Å². The minimum absolute atomic E-state index is 0.168. The molecule has 2 rings (SSSR count). The van der Waals surface area contributed by atoms with Crippen molar-refractivity contribution in [3.05, 3.63) is 59.2 Å². The SMILES string of the molecule is COc1cc(/C=N\NC(=O)[C@H](CC(C)C)NC(=O)COc2ccccc2C)ccc1C. The maximum absolute atomic E-state index is 12.6. The Morgan fingerprint density at radius 3 is 2.45 bits per heavy atom. The van der Waals surface area contributed by atoms with E-state index >= 15 is 0 Å². The van der Waals surface area contributed by atoms with Gasteiger partial charge >= 0.3 is 0 Å². The van der Waals surface area contributed by atoms with E-state index in [-0.39, 0.29) is 24.3 Å². The van der Waals surface area contributed by atoms with E-state index in [2.05, 4.69) is 15.8 Å². The van der Waals surface area contributed by atoms with E-state index in [4.69, 9.17) is 9.47 Å². The van der Waals surface area contributed by atoms with E-state index in [0.717, 1.165) is 22.4 Å². The molecule has 0 fully saturated rings. The first kappa shape index (κ1) is 23.9. The van der Waals surface area contributed by atoms with Crippen LogP contribution in [0.5, 0.6) is 11.5 Å². The smallest absolute Gasteiger partial charge is 0.262 e. The fraction of sp³-hybridized carbons (Fsp3) is 0.375. The van der Waals surface area contributed by atoms with Crippen molar-refractivity contribution in [2.24, 2.45) is 11.0 Å². The van der Waals surface area contributed by atoms with Crippen molar-refractivity contribution in [1.29, 1.82) is 0 Å². The number of hydrazone groups is 1. The molecule has 7 nitrogen and oxygen atoms in total. The van der Waals surface area contributed by atoms with E-state index < -0.39 is 6.04 Å². The molecule has 166 valence electrons. The monoisotopic (exact) mass is 425 g/mol. The zero-order chi connectivity index (χ0) is 22.8. The highest BCUT2D eigenvalue weighted by Crippen LogP contribution is 2.18. The number of methoxy groups -OCH3 is 1. The summed E-state index contributed by atoms with van der Waals surface area (Å²) in [5.74, 6) is 0.845. The number of carbonyl (C=O) groups excluding carboxylic acids is 2. The molecule has 2 aromatic carbocycles. The van der Waals surface area contributed by atoms with Gasteiger partial charge in [0.2, 0.25) is 0 Å². The number of amides is 2. The van der Waals surface area contributed by atoms with Crippen LogP contribution in [0.3, 0.4) is 0 Å². The van der Waals surface area contributed by atoms with E-state index in [1.807, 2.05) is 64.1 Å². The molecule has 2 N–H and O–H groups in total. The summed E-state index contributed by atoms with van der Waals surface area (Å²) in [6, 6.07) is 12.4. The van der Waals surface area contributed by atoms with Crippen LogP contribution in [-0.2, 0) is 9.59 Å². The average molecular weight is 426 g/mol. The zero-order valence-electron chi connectivity index (χ0n) is 18.8. The molecule has 2 aromatic rings. The molecule has 0 aromatic heterocycles. The first-order valence-electron chi connectivity index (χ1n) is 10.3. The topological polar surface area (TPSA) is 89.0 Å². The number of benzene rings is 2. The van der Waals surface area contributed by atoms with Crippen molar-refractivity contribution in [2.75, 3.05) is 13.7 Å². The Kier molecular flexibility index (Phi) is 9.06. The maximum atomic E-state index is 12.6. The molecule has 1 atom stereocenters. The molecule has 0 saturated heterocycles. The largest absolute Gasteiger partial charge is 0.496 e. The molecule has 31 heavy (non-hydrogen) atoms. The van der Waals surface area contributed by atoms with Gasteiger partial charge in [-0.2, -0.15) is 5.10 Å². The third-order valence-corrected chi connectivity index (χ3v) is 4.63. The first-order valence-corrected chi connectivity index (χ1v) is 10.3. The van der Waals surface area contributed by atoms with Gasteiger partial charge in [0, 0.05) is 0 Å². The molecule has 0 bridgehead atoms. The Labute approximate surface area is 183 Å². The summed E-state index contributed by atoms with van der Waals surface area (Å²) in [5, 5.41) is 6.77. The van der Waals surface area contributed by atoms with Gasteiger partial charge in [-0.25, -0.2) is 5.43 Å². The highest BCUT2D eigenvalue weighted by Gasteiger charge is 2.22. The van der Waals surface area contributed by atoms with E-state index in [9.17, 15) is 9.59 Å². The van der Waals surface area contributed by atoms with Gasteiger partial charge in [0.25, 0.3) is 11.8 Å². The van der Waals surface area contributed by atoms with Crippen LogP contribution in [-0.4, -0.2) is 37.8 Å². The highest BCUT2D eigenvalue weighted by atomic mass is 16.5. The molecular weight excluding hydrogens is 394 g/mol. The second-order valence-electron chi connectivity index (χ2n) is 7.77. The zero-order valence-corrected chi connectivity index (χ0v) is 18.8. The number of para-hydroxylation sites is 1. The Bertz CT molecular complexity index is 925. The summed E-state index contributed by atoms with van der Waals surface area (Å²) in [6.07, 6.45) is 2.02. The van der Waals surface area contributed by atoms with Crippen LogP contribution in [0, 0.1) is 19.8 Å². The molecule has 2 amide bonds. The minimum atomic E-state index is -0.710. The Morgan fingerprint density at radius 1 is 1.06 bits per heavy atom. The van der Waals surface area contributed by atoms with Crippen LogP contribution in [0.4, 0.5) is 0 Å². The number of hydrogen-bond donors (Lipinski definition) is 2. The number of nitrogens with one attached hydrogen (secondary N) is 2. The molecule has 0 aliphatic heterocycles. The molecule has 0 aliphatic carbocycles. The molecule has 0 heterocycles. The second kappa shape index (κ2) is 11.7. The van der Waals surface area contributed by atoms with Crippen LogP contribution in [0.25, 0.3) is 0 Å². The first-order chi connectivity index (χ1) is 14.8. The van der Waals surface area contributed by atoms with Crippen LogP contribution < -0.4 is 20.2 Å². The molecule has 0 spiro atoms. The lowest BCUT2D eigenvalue weighted by Crippen LogP contribution is -2.47. The number of hydrogen-bond acceptors (Lipinski definition) is 5. The lowest BCUT2D eigenvalue weighted by Gasteiger charge is -2.19. The van der Waals surface area contributed by atoms with E-state index in [1.54, 1.807) is 13.2 Å². The van der Waals surface area contributed by atoms with Crippen molar-refractivity contribution in [3.63, 3.8) is 0 Å². The number of carbonyl (C=O) groups is 2. The summed E-state index contributed by atoms with van der Waals surface area (Å²) >= 11 is 0. The fourth-order valence-corrected chi connectivity index (χ4v) is 2.97. The van der Waals surface area contributed by atoms with E-state index in [1.165, 1.54) is 6.21 Å². The molecule has 0 radical (unpaired) electrons. The lowest BCUT2D eigenvalue weighted by atomic mass is 10.0. The summed E-state index contributed by atoms with van der Waals surface area (Å²) in [4.78, 5) is 25.0. The van der Waals surface area contributed by atoms with Crippen molar-refractivity contribution >= 4 is 18.0 Å². The molecular formula is C24H31N3O4.